The third-order valence-electron chi connectivity index (χ3n) is 4.90. The quantitative estimate of drug-likeness (QED) is 0.255. The zero-order chi connectivity index (χ0) is 21.9. The summed E-state index contributed by atoms with van der Waals surface area (Å²) in [5.74, 6) is 1.13. The average Bonchev–Trinajstić information content (AvgIpc) is 2.64. The molecular weight excluding hydrogens is 479 g/mol. The maximum atomic E-state index is 12.5. The second-order valence-electron chi connectivity index (χ2n) is 8.16. The lowest BCUT2D eigenvalue weighted by Gasteiger charge is -2.22. The molecule has 6 heteroatoms. The molecule has 0 amide bonds. The Labute approximate surface area is 187 Å². The molecule has 0 unspecified atom stereocenters. The van der Waals surface area contributed by atoms with Crippen LogP contribution in [0.15, 0.2) is 12.3 Å². The summed E-state index contributed by atoms with van der Waals surface area (Å²) in [6.45, 7) is 16.6. The largest absolute Gasteiger partial charge is 0.462 e. The Morgan fingerprint density at radius 1 is 1.21 bits per heavy atom. The summed E-state index contributed by atoms with van der Waals surface area (Å²) in [6, 6.07) is 2.20. The first-order chi connectivity index (χ1) is 13.5. The Morgan fingerprint density at radius 2 is 1.86 bits per heavy atom. The molecule has 0 saturated carbocycles. The number of alkyl halides is 1. The van der Waals surface area contributed by atoms with Crippen LogP contribution >= 0.6 is 22.6 Å². The Morgan fingerprint density at radius 3 is 2.38 bits per heavy atom. The van der Waals surface area contributed by atoms with Gasteiger partial charge >= 0.3 is 5.97 Å². The smallest absolute Gasteiger partial charge is 0.345 e. The van der Waals surface area contributed by atoms with Gasteiger partial charge in [0.15, 0.2) is 0 Å². The predicted molar refractivity (Wildman–Crippen MR) is 124 cm³/mol. The molecule has 0 saturated heterocycles. The SMILES string of the molecule is CCOC(=O)c1cnc(C(C)(C)C)nc1Oc1c([C@H](C)I)cc(CC)c(C)c1C. The third kappa shape index (κ3) is 5.27. The van der Waals surface area contributed by atoms with E-state index >= 15 is 0 Å². The molecule has 2 aromatic rings. The van der Waals surface area contributed by atoms with Crippen molar-refractivity contribution in [2.24, 2.45) is 0 Å². The van der Waals surface area contributed by atoms with Crippen LogP contribution in [0, 0.1) is 13.8 Å². The van der Waals surface area contributed by atoms with E-state index < -0.39 is 5.97 Å². The molecule has 0 aliphatic rings. The highest BCUT2D eigenvalue weighted by Crippen LogP contribution is 2.40. The van der Waals surface area contributed by atoms with Crippen LogP contribution in [0.4, 0.5) is 0 Å². The zero-order valence-electron chi connectivity index (χ0n) is 18.6. The minimum absolute atomic E-state index is 0.238. The van der Waals surface area contributed by atoms with Gasteiger partial charge in [-0.3, -0.25) is 0 Å². The summed E-state index contributed by atoms with van der Waals surface area (Å²) >= 11 is 2.39. The lowest BCUT2D eigenvalue weighted by Crippen LogP contribution is -2.18. The predicted octanol–water partition coefficient (Wildman–Crippen LogP) is 6.42. The van der Waals surface area contributed by atoms with Gasteiger partial charge in [0.05, 0.1) is 6.61 Å². The van der Waals surface area contributed by atoms with Crippen LogP contribution in [0.1, 0.15) is 83.9 Å². The molecule has 2 rings (SSSR count). The molecule has 0 spiro atoms. The second-order valence-corrected chi connectivity index (χ2v) is 10.0. The van der Waals surface area contributed by atoms with Gasteiger partial charge in [0.25, 0.3) is 0 Å². The van der Waals surface area contributed by atoms with Crippen molar-refractivity contribution < 1.29 is 14.3 Å². The van der Waals surface area contributed by atoms with Crippen LogP contribution in [-0.2, 0) is 16.6 Å². The van der Waals surface area contributed by atoms with E-state index in [0.717, 1.165) is 23.3 Å². The second kappa shape index (κ2) is 9.41. The van der Waals surface area contributed by atoms with Gasteiger partial charge in [0, 0.05) is 21.1 Å². The molecule has 5 nitrogen and oxygen atoms in total. The molecule has 1 aromatic carbocycles. The van der Waals surface area contributed by atoms with E-state index in [2.05, 4.69) is 66.3 Å². The average molecular weight is 510 g/mol. The summed E-state index contributed by atoms with van der Waals surface area (Å²) in [5.41, 5.74) is 4.62. The minimum Gasteiger partial charge on any atom is -0.462 e. The fourth-order valence-corrected chi connectivity index (χ4v) is 3.50. The van der Waals surface area contributed by atoms with Crippen molar-refractivity contribution in [3.8, 4) is 11.6 Å². The van der Waals surface area contributed by atoms with Crippen molar-refractivity contribution in [3.63, 3.8) is 0 Å². The highest BCUT2D eigenvalue weighted by atomic mass is 127. The molecule has 1 atom stereocenters. The number of carbonyl (C=O) groups is 1. The Hall–Kier alpha value is -1.70. The van der Waals surface area contributed by atoms with E-state index in [9.17, 15) is 4.79 Å². The number of hydrogen-bond donors (Lipinski definition) is 0. The van der Waals surface area contributed by atoms with Crippen LogP contribution in [0.25, 0.3) is 0 Å². The number of hydrogen-bond acceptors (Lipinski definition) is 5. The van der Waals surface area contributed by atoms with Gasteiger partial charge in [-0.15, -0.1) is 0 Å². The molecule has 0 radical (unpaired) electrons. The number of benzene rings is 1. The van der Waals surface area contributed by atoms with Gasteiger partial charge in [-0.25, -0.2) is 9.78 Å². The molecule has 0 aliphatic heterocycles. The van der Waals surface area contributed by atoms with Gasteiger partial charge < -0.3 is 9.47 Å². The number of carbonyl (C=O) groups excluding carboxylic acids is 1. The number of halogens is 1. The normalized spacial score (nSPS) is 12.6. The summed E-state index contributed by atoms with van der Waals surface area (Å²) < 4.78 is 11.8. The summed E-state index contributed by atoms with van der Waals surface area (Å²) in [4.78, 5) is 21.5. The van der Waals surface area contributed by atoms with Crippen LogP contribution in [0.2, 0.25) is 0 Å². The Bertz CT molecular complexity index is 902. The highest BCUT2D eigenvalue weighted by Gasteiger charge is 2.25. The maximum absolute atomic E-state index is 12.5. The first kappa shape index (κ1) is 23.6. The van der Waals surface area contributed by atoms with E-state index in [1.54, 1.807) is 6.92 Å². The summed E-state index contributed by atoms with van der Waals surface area (Å²) in [7, 11) is 0. The number of ether oxygens (including phenoxy) is 2. The van der Waals surface area contributed by atoms with E-state index in [-0.39, 0.29) is 27.4 Å². The first-order valence-electron chi connectivity index (χ1n) is 10.0. The fourth-order valence-electron chi connectivity index (χ4n) is 3.04. The van der Waals surface area contributed by atoms with E-state index in [4.69, 9.17) is 9.47 Å². The molecule has 0 bridgehead atoms. The lowest BCUT2D eigenvalue weighted by molar-refractivity contribution is 0.0521. The van der Waals surface area contributed by atoms with Gasteiger partial charge in [-0.2, -0.15) is 4.98 Å². The summed E-state index contributed by atoms with van der Waals surface area (Å²) in [6.07, 6.45) is 2.47. The molecule has 0 N–H and O–H groups in total. The van der Waals surface area contributed by atoms with Gasteiger partial charge in [0.2, 0.25) is 5.88 Å². The van der Waals surface area contributed by atoms with Crippen molar-refractivity contribution >= 4 is 28.6 Å². The van der Waals surface area contributed by atoms with E-state index in [1.807, 2.05) is 20.8 Å². The number of esters is 1. The van der Waals surface area contributed by atoms with Gasteiger partial charge in [-0.05, 0) is 50.8 Å². The molecule has 158 valence electrons. The molecule has 0 aliphatic carbocycles. The molecule has 29 heavy (non-hydrogen) atoms. The highest BCUT2D eigenvalue weighted by molar-refractivity contribution is 14.1. The maximum Gasteiger partial charge on any atom is 0.345 e. The number of aromatic nitrogens is 2. The number of rotatable bonds is 6. The number of aryl methyl sites for hydroxylation is 1. The van der Waals surface area contributed by atoms with Crippen molar-refractivity contribution in [1.29, 1.82) is 0 Å². The van der Waals surface area contributed by atoms with Crippen molar-refractivity contribution in [2.75, 3.05) is 6.61 Å². The van der Waals surface area contributed by atoms with E-state index in [0.29, 0.717) is 5.82 Å². The molecular formula is C23H31IN2O3. The van der Waals surface area contributed by atoms with Crippen LogP contribution < -0.4 is 4.74 Å². The first-order valence-corrected chi connectivity index (χ1v) is 11.2. The van der Waals surface area contributed by atoms with Crippen molar-refractivity contribution in [3.05, 3.63) is 45.9 Å². The topological polar surface area (TPSA) is 61.3 Å². The fraction of sp³-hybridized carbons (Fsp3) is 0.522. The monoisotopic (exact) mass is 510 g/mol. The standard InChI is InChI=1S/C23H31IN2O3/c1-9-16-11-17(15(5)24)19(14(4)13(16)3)29-20-18(21(27)28-10-2)12-25-22(26-20)23(6,7)8/h11-12,15H,9-10H2,1-8H3/t15-/m0/s1. The molecule has 1 heterocycles. The lowest BCUT2D eigenvalue weighted by atomic mass is 9.95. The van der Waals surface area contributed by atoms with Crippen LogP contribution in [0.5, 0.6) is 11.6 Å². The van der Waals surface area contributed by atoms with Crippen LogP contribution in [-0.4, -0.2) is 22.5 Å². The molecule has 0 fully saturated rings. The summed E-state index contributed by atoms with van der Waals surface area (Å²) in [5, 5.41) is 0. The van der Waals surface area contributed by atoms with E-state index in [1.165, 1.54) is 17.3 Å². The van der Waals surface area contributed by atoms with Crippen molar-refractivity contribution in [2.45, 2.75) is 71.2 Å². The zero-order valence-corrected chi connectivity index (χ0v) is 20.8. The van der Waals surface area contributed by atoms with Crippen molar-refractivity contribution in [1.82, 2.24) is 9.97 Å². The van der Waals surface area contributed by atoms with Gasteiger partial charge in [0.1, 0.15) is 17.1 Å². The third-order valence-corrected chi connectivity index (χ3v) is 5.58. The molecule has 1 aromatic heterocycles. The van der Waals surface area contributed by atoms with Crippen LogP contribution in [0.3, 0.4) is 0 Å². The Kier molecular flexibility index (Phi) is 7.65. The van der Waals surface area contributed by atoms with Gasteiger partial charge in [-0.1, -0.05) is 56.4 Å². The Balaban J connectivity index is 2.69. The minimum atomic E-state index is -0.480. The number of nitrogens with zero attached hydrogens (tertiary/aromatic N) is 2.